The fourth-order valence-corrected chi connectivity index (χ4v) is 3.97. The second-order valence-corrected chi connectivity index (χ2v) is 8.46. The number of anilines is 2. The van der Waals surface area contributed by atoms with Crippen LogP contribution in [0.1, 0.15) is 22.8 Å². The maximum Gasteiger partial charge on any atom is 0.257 e. The third-order valence-corrected chi connectivity index (χ3v) is 5.91. The van der Waals surface area contributed by atoms with E-state index < -0.39 is 0 Å². The van der Waals surface area contributed by atoms with Crippen LogP contribution in [0.15, 0.2) is 54.6 Å². The molecular weight excluding hydrogens is 444 g/mol. The van der Waals surface area contributed by atoms with Gasteiger partial charge in [0.05, 0.1) is 5.56 Å². The first kappa shape index (κ1) is 24.0. The number of hydrogen-bond donors (Lipinski definition) is 3. The number of carbonyl (C=O) groups excluding carboxylic acids is 2. The number of aromatic hydroxyl groups is 1. The molecule has 0 radical (unpaired) electrons. The van der Waals surface area contributed by atoms with Gasteiger partial charge in [-0.25, -0.2) is 9.97 Å². The molecule has 182 valence electrons. The second-order valence-electron chi connectivity index (χ2n) is 8.46. The van der Waals surface area contributed by atoms with Crippen molar-refractivity contribution in [2.24, 2.45) is 0 Å². The maximum absolute atomic E-state index is 13.0. The van der Waals surface area contributed by atoms with Gasteiger partial charge in [0, 0.05) is 57.8 Å². The summed E-state index contributed by atoms with van der Waals surface area (Å²) in [5, 5.41) is 16.3. The van der Waals surface area contributed by atoms with Crippen LogP contribution in [0.4, 0.5) is 11.6 Å². The van der Waals surface area contributed by atoms with Crippen LogP contribution >= 0.6 is 0 Å². The van der Waals surface area contributed by atoms with Crippen molar-refractivity contribution < 1.29 is 14.7 Å². The molecule has 0 spiro atoms. The Kier molecular flexibility index (Phi) is 7.45. The molecule has 0 bridgehead atoms. The van der Waals surface area contributed by atoms with Gasteiger partial charge < -0.3 is 25.5 Å². The van der Waals surface area contributed by atoms with Crippen LogP contribution in [-0.2, 0) is 4.79 Å². The molecule has 35 heavy (non-hydrogen) atoms. The summed E-state index contributed by atoms with van der Waals surface area (Å²) in [6.07, 6.45) is 0. The van der Waals surface area contributed by atoms with Gasteiger partial charge in [-0.3, -0.25) is 9.59 Å². The fraction of sp³-hybridized carbons (Fsp3) is 0.308. The SMILES string of the molecule is CC(=O)NCCNc1cc(N2CCN(C(=O)c3cccc(C)c3O)CC2)nc(-c2ccccc2)n1. The first-order chi connectivity index (χ1) is 16.9. The molecule has 1 fully saturated rings. The minimum Gasteiger partial charge on any atom is -0.507 e. The lowest BCUT2D eigenvalue weighted by atomic mass is 10.1. The number of nitrogens with zero attached hydrogens (tertiary/aromatic N) is 4. The van der Waals surface area contributed by atoms with Gasteiger partial charge in [0.15, 0.2) is 5.82 Å². The summed E-state index contributed by atoms with van der Waals surface area (Å²) in [6.45, 7) is 6.54. The third kappa shape index (κ3) is 5.87. The molecule has 3 aromatic rings. The number of nitrogens with one attached hydrogen (secondary N) is 2. The van der Waals surface area contributed by atoms with E-state index in [9.17, 15) is 14.7 Å². The monoisotopic (exact) mass is 474 g/mol. The Morgan fingerprint density at radius 3 is 2.43 bits per heavy atom. The van der Waals surface area contributed by atoms with Crippen LogP contribution in [0.2, 0.25) is 0 Å². The number of aryl methyl sites for hydroxylation is 1. The first-order valence-corrected chi connectivity index (χ1v) is 11.7. The number of carbonyl (C=O) groups is 2. The van der Waals surface area contributed by atoms with Gasteiger partial charge in [0.25, 0.3) is 5.91 Å². The van der Waals surface area contributed by atoms with Crippen LogP contribution in [-0.4, -0.2) is 71.1 Å². The summed E-state index contributed by atoms with van der Waals surface area (Å²) >= 11 is 0. The van der Waals surface area contributed by atoms with Gasteiger partial charge >= 0.3 is 0 Å². The third-order valence-electron chi connectivity index (χ3n) is 5.91. The Bertz CT molecular complexity index is 1190. The molecule has 1 aliphatic rings. The summed E-state index contributed by atoms with van der Waals surface area (Å²) in [7, 11) is 0. The summed E-state index contributed by atoms with van der Waals surface area (Å²) in [5.41, 5.74) is 1.92. The highest BCUT2D eigenvalue weighted by Crippen LogP contribution is 2.26. The lowest BCUT2D eigenvalue weighted by Gasteiger charge is -2.35. The van der Waals surface area contributed by atoms with E-state index in [2.05, 4.69) is 20.5 Å². The molecule has 0 atom stereocenters. The van der Waals surface area contributed by atoms with Crippen LogP contribution in [0, 0.1) is 6.92 Å². The molecule has 1 saturated heterocycles. The average Bonchev–Trinajstić information content (AvgIpc) is 2.88. The van der Waals surface area contributed by atoms with Gasteiger partial charge in [0.1, 0.15) is 17.4 Å². The van der Waals surface area contributed by atoms with Crippen LogP contribution in [0.25, 0.3) is 11.4 Å². The van der Waals surface area contributed by atoms with Crippen molar-refractivity contribution in [1.29, 1.82) is 0 Å². The number of benzene rings is 2. The van der Waals surface area contributed by atoms with E-state index >= 15 is 0 Å². The zero-order valence-electron chi connectivity index (χ0n) is 20.0. The standard InChI is InChI=1S/C26H30N6O3/c1-18-7-6-10-21(24(18)34)26(35)32-15-13-31(14-16-32)23-17-22(28-12-11-27-19(2)33)29-25(30-23)20-8-4-3-5-9-20/h3-10,17,34H,11-16H2,1-2H3,(H,27,33)(H,28,29,30). The first-order valence-electron chi connectivity index (χ1n) is 11.7. The Labute approximate surface area is 204 Å². The van der Waals surface area contributed by atoms with Crippen LogP contribution in [0.5, 0.6) is 5.75 Å². The van der Waals surface area contributed by atoms with E-state index in [0.717, 1.165) is 11.4 Å². The zero-order valence-corrected chi connectivity index (χ0v) is 20.0. The van der Waals surface area contributed by atoms with Crippen molar-refractivity contribution in [2.75, 3.05) is 49.5 Å². The lowest BCUT2D eigenvalue weighted by molar-refractivity contribution is -0.118. The molecule has 9 nitrogen and oxygen atoms in total. The molecule has 9 heteroatoms. The number of aromatic nitrogens is 2. The maximum atomic E-state index is 13.0. The molecule has 2 heterocycles. The number of amides is 2. The van der Waals surface area contributed by atoms with Crippen molar-refractivity contribution in [3.05, 3.63) is 65.7 Å². The Balaban J connectivity index is 1.49. The van der Waals surface area contributed by atoms with E-state index in [1.165, 1.54) is 6.92 Å². The van der Waals surface area contributed by atoms with Crippen molar-refractivity contribution >= 4 is 23.5 Å². The fourth-order valence-electron chi connectivity index (χ4n) is 3.97. The summed E-state index contributed by atoms with van der Waals surface area (Å²) < 4.78 is 0. The molecule has 0 saturated carbocycles. The number of para-hydroxylation sites is 1. The molecule has 0 aliphatic carbocycles. The number of hydrogen-bond acceptors (Lipinski definition) is 7. The topological polar surface area (TPSA) is 111 Å². The number of phenols is 1. The summed E-state index contributed by atoms with van der Waals surface area (Å²) in [6, 6.07) is 16.9. The number of rotatable bonds is 7. The average molecular weight is 475 g/mol. The van der Waals surface area contributed by atoms with Crippen LogP contribution < -0.4 is 15.5 Å². The second kappa shape index (κ2) is 10.9. The number of phenolic OH excluding ortho intramolecular Hbond substituents is 1. The Hall–Kier alpha value is -4.14. The van der Waals surface area contributed by atoms with Gasteiger partial charge in [-0.1, -0.05) is 42.5 Å². The van der Waals surface area contributed by atoms with E-state index in [4.69, 9.17) is 4.98 Å². The zero-order chi connectivity index (χ0) is 24.8. The minimum absolute atomic E-state index is 0.0400. The summed E-state index contributed by atoms with van der Waals surface area (Å²) in [5.74, 6) is 1.84. The van der Waals surface area contributed by atoms with Crippen LogP contribution in [0.3, 0.4) is 0 Å². The molecule has 1 aliphatic heterocycles. The van der Waals surface area contributed by atoms with Crippen molar-refractivity contribution in [2.45, 2.75) is 13.8 Å². The predicted molar refractivity (Wildman–Crippen MR) is 136 cm³/mol. The molecule has 3 N–H and O–H groups in total. The van der Waals surface area contributed by atoms with E-state index in [-0.39, 0.29) is 17.6 Å². The predicted octanol–water partition coefficient (Wildman–Crippen LogP) is 2.67. The van der Waals surface area contributed by atoms with Crippen molar-refractivity contribution in [3.63, 3.8) is 0 Å². The van der Waals surface area contributed by atoms with Gasteiger partial charge in [-0.15, -0.1) is 0 Å². The quantitative estimate of drug-likeness (QED) is 0.452. The molecule has 2 amide bonds. The molecular formula is C26H30N6O3. The number of piperazine rings is 1. The lowest BCUT2D eigenvalue weighted by Crippen LogP contribution is -2.49. The summed E-state index contributed by atoms with van der Waals surface area (Å²) in [4.78, 5) is 37.5. The molecule has 4 rings (SSSR count). The van der Waals surface area contributed by atoms with Gasteiger partial charge in [-0.2, -0.15) is 0 Å². The molecule has 1 aromatic heterocycles. The molecule has 2 aromatic carbocycles. The van der Waals surface area contributed by atoms with E-state index in [0.29, 0.717) is 62.0 Å². The largest absolute Gasteiger partial charge is 0.507 e. The highest BCUT2D eigenvalue weighted by atomic mass is 16.3. The smallest absolute Gasteiger partial charge is 0.257 e. The van der Waals surface area contributed by atoms with E-state index in [1.807, 2.05) is 36.4 Å². The minimum atomic E-state index is -0.168. The Morgan fingerprint density at radius 1 is 0.971 bits per heavy atom. The van der Waals surface area contributed by atoms with Gasteiger partial charge in [0.2, 0.25) is 5.91 Å². The van der Waals surface area contributed by atoms with Gasteiger partial charge in [-0.05, 0) is 18.6 Å². The highest BCUT2D eigenvalue weighted by molar-refractivity contribution is 5.97. The normalized spacial score (nSPS) is 13.4. The molecule has 0 unspecified atom stereocenters. The Morgan fingerprint density at radius 2 is 1.71 bits per heavy atom. The van der Waals surface area contributed by atoms with E-state index in [1.54, 1.807) is 30.0 Å². The van der Waals surface area contributed by atoms with Crippen molar-refractivity contribution in [3.8, 4) is 17.1 Å². The van der Waals surface area contributed by atoms with Crippen molar-refractivity contribution in [1.82, 2.24) is 20.2 Å². The highest BCUT2D eigenvalue weighted by Gasteiger charge is 2.25.